The molecule has 0 unspecified atom stereocenters. The van der Waals surface area contributed by atoms with E-state index < -0.39 is 46.9 Å². The number of carbonyl (C=O) groups excluding carboxylic acids is 3. The second kappa shape index (κ2) is 7.34. The van der Waals surface area contributed by atoms with Crippen molar-refractivity contribution in [1.82, 2.24) is 41.0 Å². The summed E-state index contributed by atoms with van der Waals surface area (Å²) in [5.41, 5.74) is 4.26. The molecule has 2 bridgehead atoms. The number of fused-ring (bicyclic) bond motifs is 2. The SMILES string of the molecule is N#Cc1nnn(CC(=O)NNC(=O)[C@@H]2CC[C@@H]3CN2C(=O)N3OS(=O)(=O)O)n1. The monoisotopic (exact) mass is 415 g/mol. The van der Waals surface area contributed by atoms with Crippen molar-refractivity contribution in [2.75, 3.05) is 6.54 Å². The van der Waals surface area contributed by atoms with E-state index >= 15 is 0 Å². The lowest BCUT2D eigenvalue weighted by Crippen LogP contribution is -2.54. The van der Waals surface area contributed by atoms with Gasteiger partial charge in [-0.25, -0.2) is 4.79 Å². The molecule has 0 saturated carbocycles. The zero-order valence-corrected chi connectivity index (χ0v) is 14.7. The second-order valence-corrected chi connectivity index (χ2v) is 6.81. The molecule has 2 aliphatic heterocycles. The van der Waals surface area contributed by atoms with Gasteiger partial charge in [0.05, 0.1) is 6.04 Å². The van der Waals surface area contributed by atoms with Gasteiger partial charge in [-0.05, 0) is 18.1 Å². The van der Waals surface area contributed by atoms with E-state index in [4.69, 9.17) is 9.81 Å². The molecule has 3 N–H and O–H groups in total. The van der Waals surface area contributed by atoms with Crippen LogP contribution in [0.3, 0.4) is 0 Å². The number of amides is 4. The topological polar surface area (TPSA) is 213 Å². The number of nitrogens with one attached hydrogen (secondary N) is 2. The van der Waals surface area contributed by atoms with Crippen LogP contribution in [0.4, 0.5) is 4.79 Å². The molecule has 1 aromatic rings. The first-order valence-electron chi connectivity index (χ1n) is 7.71. The highest BCUT2D eigenvalue weighted by molar-refractivity contribution is 7.80. The summed E-state index contributed by atoms with van der Waals surface area (Å²) >= 11 is 0. The number of hydroxylamine groups is 2. The van der Waals surface area contributed by atoms with E-state index in [1.54, 1.807) is 6.07 Å². The van der Waals surface area contributed by atoms with Gasteiger partial charge < -0.3 is 4.90 Å². The molecule has 3 rings (SSSR count). The fourth-order valence-electron chi connectivity index (χ4n) is 2.84. The van der Waals surface area contributed by atoms with Gasteiger partial charge in [0, 0.05) is 6.54 Å². The third-order valence-electron chi connectivity index (χ3n) is 3.96. The molecule has 2 aliphatic rings. The van der Waals surface area contributed by atoms with Gasteiger partial charge >= 0.3 is 16.4 Å². The smallest absolute Gasteiger partial charge is 0.309 e. The van der Waals surface area contributed by atoms with E-state index in [0.29, 0.717) is 5.06 Å². The molecule has 150 valence electrons. The highest BCUT2D eigenvalue weighted by Gasteiger charge is 2.49. The molecule has 0 aliphatic carbocycles. The number of aromatic nitrogens is 4. The van der Waals surface area contributed by atoms with Crippen molar-refractivity contribution in [3.63, 3.8) is 0 Å². The predicted molar refractivity (Wildman–Crippen MR) is 82.2 cm³/mol. The number of piperidine rings is 1. The predicted octanol–water partition coefficient (Wildman–Crippen LogP) is -3.30. The van der Waals surface area contributed by atoms with Gasteiger partial charge in [-0.1, -0.05) is 5.10 Å². The molecule has 0 radical (unpaired) electrons. The molecule has 2 saturated heterocycles. The van der Waals surface area contributed by atoms with E-state index in [-0.39, 0.29) is 25.2 Å². The van der Waals surface area contributed by atoms with Crippen LogP contribution in [0.15, 0.2) is 0 Å². The van der Waals surface area contributed by atoms with Crippen molar-refractivity contribution in [2.24, 2.45) is 0 Å². The van der Waals surface area contributed by atoms with Crippen molar-refractivity contribution in [3.8, 4) is 6.07 Å². The van der Waals surface area contributed by atoms with Gasteiger partial charge in [0.1, 0.15) is 18.7 Å². The summed E-state index contributed by atoms with van der Waals surface area (Å²) in [6, 6.07) is -0.878. The Hall–Kier alpha value is -3.36. The van der Waals surface area contributed by atoms with Crippen LogP contribution >= 0.6 is 0 Å². The van der Waals surface area contributed by atoms with Gasteiger partial charge in [-0.15, -0.1) is 9.38 Å². The van der Waals surface area contributed by atoms with Crippen LogP contribution < -0.4 is 10.9 Å². The number of hydrogen-bond acceptors (Lipinski definition) is 10. The Labute approximate surface area is 156 Å². The highest BCUT2D eigenvalue weighted by Crippen LogP contribution is 2.30. The maximum atomic E-state index is 12.3. The summed E-state index contributed by atoms with van der Waals surface area (Å²) in [6.07, 6.45) is 0.420. The van der Waals surface area contributed by atoms with Gasteiger partial charge in [0.25, 0.3) is 17.6 Å². The zero-order chi connectivity index (χ0) is 20.5. The van der Waals surface area contributed by atoms with Crippen molar-refractivity contribution in [1.29, 1.82) is 5.26 Å². The number of carbonyl (C=O) groups is 3. The minimum absolute atomic E-state index is 0.0141. The van der Waals surface area contributed by atoms with Crippen LogP contribution in [-0.4, -0.2) is 79.6 Å². The average molecular weight is 415 g/mol. The zero-order valence-electron chi connectivity index (χ0n) is 13.9. The molecular formula is C11H13N9O7S. The van der Waals surface area contributed by atoms with Crippen molar-refractivity contribution in [3.05, 3.63) is 5.82 Å². The van der Waals surface area contributed by atoms with Gasteiger partial charge in [-0.2, -0.15) is 23.5 Å². The first kappa shape index (κ1) is 19.4. The van der Waals surface area contributed by atoms with Gasteiger partial charge in [0.2, 0.25) is 0 Å². The summed E-state index contributed by atoms with van der Waals surface area (Å²) in [4.78, 5) is 38.2. The molecule has 3 heterocycles. The first-order valence-corrected chi connectivity index (χ1v) is 9.08. The molecule has 0 aromatic carbocycles. The summed E-state index contributed by atoms with van der Waals surface area (Å²) in [5.74, 6) is -1.65. The summed E-state index contributed by atoms with van der Waals surface area (Å²) < 4.78 is 34.7. The van der Waals surface area contributed by atoms with E-state index in [9.17, 15) is 22.8 Å². The molecule has 28 heavy (non-hydrogen) atoms. The first-order chi connectivity index (χ1) is 13.2. The average Bonchev–Trinajstić information content (AvgIpc) is 3.17. The fraction of sp³-hybridized carbons (Fsp3) is 0.545. The molecular weight excluding hydrogens is 402 g/mol. The van der Waals surface area contributed by atoms with Crippen LogP contribution in [0.5, 0.6) is 0 Å². The number of tetrazole rings is 1. The van der Waals surface area contributed by atoms with Crippen LogP contribution in [0.1, 0.15) is 18.7 Å². The summed E-state index contributed by atoms with van der Waals surface area (Å²) in [7, 11) is -4.89. The minimum atomic E-state index is -4.89. The maximum Gasteiger partial charge on any atom is 0.418 e. The highest BCUT2D eigenvalue weighted by atomic mass is 32.3. The lowest BCUT2D eigenvalue weighted by molar-refractivity contribution is -0.132. The fourth-order valence-corrected chi connectivity index (χ4v) is 3.23. The number of hydrazine groups is 1. The standard InChI is InChI=1S/C11H13N9O7S/c12-3-8-13-17-19(16-8)5-9(21)14-15-10(22)7-2-1-6-4-18(7)11(23)20(6)27-28(24,25)26/h6-7H,1-2,4-5H2,(H,14,21)(H,15,22)(H,24,25,26)/t6-,7+/m1/s1. The third kappa shape index (κ3) is 4.13. The Morgan fingerprint density at radius 2 is 2.11 bits per heavy atom. The maximum absolute atomic E-state index is 12.3. The van der Waals surface area contributed by atoms with Crippen LogP contribution in [0.25, 0.3) is 0 Å². The number of hydrogen-bond donors (Lipinski definition) is 3. The number of urea groups is 1. The lowest BCUT2D eigenvalue weighted by atomic mass is 10.0. The summed E-state index contributed by atoms with van der Waals surface area (Å²) in [6.45, 7) is -0.402. The van der Waals surface area contributed by atoms with Crippen LogP contribution in [-0.2, 0) is 30.8 Å². The third-order valence-corrected chi connectivity index (χ3v) is 4.31. The van der Waals surface area contributed by atoms with Crippen molar-refractivity contribution >= 4 is 28.2 Å². The van der Waals surface area contributed by atoms with Crippen LogP contribution in [0.2, 0.25) is 0 Å². The van der Waals surface area contributed by atoms with Crippen molar-refractivity contribution < 1.29 is 31.6 Å². The van der Waals surface area contributed by atoms with E-state index in [1.807, 2.05) is 0 Å². The Morgan fingerprint density at radius 3 is 2.75 bits per heavy atom. The Morgan fingerprint density at radius 1 is 1.36 bits per heavy atom. The molecule has 1 aromatic heterocycles. The molecule has 2 atom stereocenters. The Balaban J connectivity index is 1.54. The summed E-state index contributed by atoms with van der Waals surface area (Å²) in [5, 5.41) is 19.5. The minimum Gasteiger partial charge on any atom is -0.309 e. The number of nitrogens with zero attached hydrogens (tertiary/aromatic N) is 7. The van der Waals surface area contributed by atoms with Crippen molar-refractivity contribution in [2.45, 2.75) is 31.5 Å². The van der Waals surface area contributed by atoms with E-state index in [1.165, 1.54) is 0 Å². The quantitative estimate of drug-likeness (QED) is 0.320. The largest absolute Gasteiger partial charge is 0.418 e. The Bertz CT molecular complexity index is 954. The second-order valence-electron chi connectivity index (χ2n) is 5.80. The Kier molecular flexibility index (Phi) is 5.08. The van der Waals surface area contributed by atoms with Gasteiger partial charge in [-0.3, -0.25) is 25.0 Å². The van der Waals surface area contributed by atoms with E-state index in [2.05, 4.69) is 30.5 Å². The van der Waals surface area contributed by atoms with E-state index in [0.717, 1.165) is 9.70 Å². The lowest BCUT2D eigenvalue weighted by Gasteiger charge is -2.29. The number of rotatable bonds is 5. The number of nitriles is 1. The molecule has 2 fully saturated rings. The molecule has 4 amide bonds. The molecule has 0 spiro atoms. The molecule has 17 heteroatoms. The molecule has 16 nitrogen and oxygen atoms in total. The van der Waals surface area contributed by atoms with Gasteiger partial charge in [0.15, 0.2) is 0 Å². The van der Waals surface area contributed by atoms with Crippen LogP contribution in [0, 0.1) is 11.3 Å². The normalized spacial score (nSPS) is 21.4.